The molecule has 0 saturated heterocycles. The molecule has 1 amide bonds. The third-order valence-corrected chi connectivity index (χ3v) is 7.19. The first kappa shape index (κ1) is 24.4. The predicted molar refractivity (Wildman–Crippen MR) is 125 cm³/mol. The topological polar surface area (TPSA) is 132 Å². The van der Waals surface area contributed by atoms with Crippen LogP contribution < -0.4 is 19.5 Å². The highest BCUT2D eigenvalue weighted by atomic mass is 32.2. The summed E-state index contributed by atoms with van der Waals surface area (Å²) in [5, 5.41) is 11.7. The van der Waals surface area contributed by atoms with Gasteiger partial charge in [-0.25, -0.2) is 8.42 Å². The molecule has 0 aliphatic heterocycles. The van der Waals surface area contributed by atoms with E-state index in [1.807, 2.05) is 13.8 Å². The fraction of sp³-hybridized carbons (Fsp3) is 0.333. The van der Waals surface area contributed by atoms with Crippen molar-refractivity contribution in [3.8, 4) is 11.8 Å². The van der Waals surface area contributed by atoms with Gasteiger partial charge in [0, 0.05) is 18.5 Å². The number of carbonyl (C=O) groups is 1. The largest absolute Gasteiger partial charge is 0.481 e. The Kier molecular flexibility index (Phi) is 7.82. The first-order valence-electron chi connectivity index (χ1n) is 10.1. The number of nitrogens with one attached hydrogen (secondary N) is 2. The van der Waals surface area contributed by atoms with E-state index in [-0.39, 0.29) is 27.7 Å². The van der Waals surface area contributed by atoms with Gasteiger partial charge in [0.05, 0.1) is 19.1 Å². The van der Waals surface area contributed by atoms with Gasteiger partial charge in [0.1, 0.15) is 10.6 Å². The van der Waals surface area contributed by atoms with Crippen LogP contribution in [-0.2, 0) is 16.4 Å². The van der Waals surface area contributed by atoms with Crippen molar-refractivity contribution < 1.29 is 22.7 Å². The smallest absolute Gasteiger partial charge is 0.263 e. The molecular formula is C21H25N5O5S2. The summed E-state index contributed by atoms with van der Waals surface area (Å²) in [5.74, 6) is 0.357. The van der Waals surface area contributed by atoms with E-state index >= 15 is 0 Å². The summed E-state index contributed by atoms with van der Waals surface area (Å²) in [7, 11) is -0.862. The van der Waals surface area contributed by atoms with Gasteiger partial charge < -0.3 is 14.8 Å². The van der Waals surface area contributed by atoms with Crippen LogP contribution >= 0.6 is 11.3 Å². The Hall–Kier alpha value is -3.25. The highest BCUT2D eigenvalue weighted by Gasteiger charge is 2.18. The van der Waals surface area contributed by atoms with E-state index in [0.717, 1.165) is 10.6 Å². The molecule has 0 aliphatic rings. The first-order valence-corrected chi connectivity index (χ1v) is 12.4. The summed E-state index contributed by atoms with van der Waals surface area (Å²) in [6, 6.07) is 9.59. The van der Waals surface area contributed by atoms with Gasteiger partial charge in [-0.3, -0.25) is 9.52 Å². The standard InChI is InChI=1S/C21H25N5O5S2/c1-13(2)20-24-25-21(32-20)26-33(28,29)15-7-5-14(6-8-15)11-12-22-18(27)16-9-10-17(30-3)23-19(16)31-4/h5-10,13H,11-12H2,1-4H3,(H,22,27)(H,25,26). The Morgan fingerprint density at radius 2 is 1.79 bits per heavy atom. The van der Waals surface area contributed by atoms with Gasteiger partial charge >= 0.3 is 0 Å². The second-order valence-corrected chi connectivity index (χ2v) is 9.96. The number of rotatable bonds is 10. The number of amides is 1. The van der Waals surface area contributed by atoms with Crippen molar-refractivity contribution in [2.75, 3.05) is 25.5 Å². The zero-order chi connectivity index (χ0) is 24.0. The number of pyridine rings is 1. The number of anilines is 1. The van der Waals surface area contributed by atoms with Crippen molar-refractivity contribution in [2.24, 2.45) is 0 Å². The molecule has 0 radical (unpaired) electrons. The lowest BCUT2D eigenvalue weighted by atomic mass is 10.1. The molecule has 2 heterocycles. The minimum atomic E-state index is -3.77. The molecular weight excluding hydrogens is 466 g/mol. The molecule has 0 saturated carbocycles. The maximum absolute atomic E-state index is 12.6. The molecule has 10 nitrogen and oxygen atoms in total. The molecule has 3 rings (SSSR count). The fourth-order valence-electron chi connectivity index (χ4n) is 2.80. The maximum atomic E-state index is 12.6. The molecule has 176 valence electrons. The quantitative estimate of drug-likeness (QED) is 0.442. The molecule has 0 spiro atoms. The van der Waals surface area contributed by atoms with Gasteiger partial charge in [-0.05, 0) is 30.2 Å². The van der Waals surface area contributed by atoms with Crippen molar-refractivity contribution in [1.29, 1.82) is 0 Å². The van der Waals surface area contributed by atoms with Crippen LogP contribution in [0.3, 0.4) is 0 Å². The van der Waals surface area contributed by atoms with Gasteiger partial charge in [0.25, 0.3) is 15.9 Å². The molecule has 3 aromatic rings. The first-order chi connectivity index (χ1) is 15.7. The molecule has 33 heavy (non-hydrogen) atoms. The van der Waals surface area contributed by atoms with Crippen LogP contribution in [0.25, 0.3) is 0 Å². The molecule has 0 unspecified atom stereocenters. The van der Waals surface area contributed by atoms with Crippen LogP contribution in [0.2, 0.25) is 0 Å². The highest BCUT2D eigenvalue weighted by Crippen LogP contribution is 2.25. The van der Waals surface area contributed by atoms with Crippen molar-refractivity contribution in [3.05, 3.63) is 52.5 Å². The normalized spacial score (nSPS) is 11.3. The molecule has 0 bridgehead atoms. The number of benzene rings is 1. The lowest BCUT2D eigenvalue weighted by Gasteiger charge is -2.10. The van der Waals surface area contributed by atoms with Gasteiger partial charge in [0.15, 0.2) is 0 Å². The summed E-state index contributed by atoms with van der Waals surface area (Å²) < 4.78 is 37.8. The van der Waals surface area contributed by atoms with Gasteiger partial charge in [-0.1, -0.05) is 37.3 Å². The van der Waals surface area contributed by atoms with E-state index in [9.17, 15) is 13.2 Å². The zero-order valence-electron chi connectivity index (χ0n) is 18.7. The predicted octanol–water partition coefficient (Wildman–Crippen LogP) is 2.85. The van der Waals surface area contributed by atoms with Crippen molar-refractivity contribution >= 4 is 32.4 Å². The molecule has 0 aliphatic carbocycles. The van der Waals surface area contributed by atoms with Crippen LogP contribution in [0.4, 0.5) is 5.13 Å². The summed E-state index contributed by atoms with van der Waals surface area (Å²) in [4.78, 5) is 16.7. The summed E-state index contributed by atoms with van der Waals surface area (Å²) in [5.41, 5.74) is 1.16. The number of ether oxygens (including phenoxy) is 2. The van der Waals surface area contributed by atoms with Gasteiger partial charge in [-0.15, -0.1) is 10.2 Å². The van der Waals surface area contributed by atoms with E-state index in [1.54, 1.807) is 24.3 Å². The SMILES string of the molecule is COc1ccc(C(=O)NCCc2ccc(S(=O)(=O)Nc3nnc(C(C)C)s3)cc2)c(OC)n1. The Labute approximate surface area is 196 Å². The fourth-order valence-corrected chi connectivity index (χ4v) is 4.78. The van der Waals surface area contributed by atoms with Crippen LogP contribution in [0.1, 0.15) is 40.7 Å². The molecule has 1 aromatic carbocycles. The summed E-state index contributed by atoms with van der Waals surface area (Å²) in [6.45, 7) is 4.27. The third kappa shape index (κ3) is 6.17. The number of aromatic nitrogens is 3. The molecule has 2 aromatic heterocycles. The lowest BCUT2D eigenvalue weighted by Crippen LogP contribution is -2.26. The molecule has 12 heteroatoms. The van der Waals surface area contributed by atoms with E-state index in [4.69, 9.17) is 9.47 Å². The monoisotopic (exact) mass is 491 g/mol. The molecule has 0 atom stereocenters. The lowest BCUT2D eigenvalue weighted by molar-refractivity contribution is 0.0950. The Bertz CT molecular complexity index is 1210. The highest BCUT2D eigenvalue weighted by molar-refractivity contribution is 7.93. The molecule has 2 N–H and O–H groups in total. The van der Waals surface area contributed by atoms with Crippen LogP contribution in [-0.4, -0.2) is 50.3 Å². The second kappa shape index (κ2) is 10.6. The van der Waals surface area contributed by atoms with Gasteiger partial charge in [-0.2, -0.15) is 4.98 Å². The average Bonchev–Trinajstić information content (AvgIpc) is 3.27. The van der Waals surface area contributed by atoms with Crippen molar-refractivity contribution in [3.63, 3.8) is 0 Å². The summed E-state index contributed by atoms with van der Waals surface area (Å²) >= 11 is 1.21. The number of methoxy groups -OCH3 is 2. The summed E-state index contributed by atoms with van der Waals surface area (Å²) in [6.07, 6.45) is 0.513. The van der Waals surface area contributed by atoms with Crippen molar-refractivity contribution in [1.82, 2.24) is 20.5 Å². The number of hydrogen-bond donors (Lipinski definition) is 2. The van der Waals surface area contributed by atoms with Crippen LogP contribution in [0.15, 0.2) is 41.3 Å². The Morgan fingerprint density at radius 1 is 1.06 bits per heavy atom. The zero-order valence-corrected chi connectivity index (χ0v) is 20.3. The molecule has 0 fully saturated rings. The average molecular weight is 492 g/mol. The Morgan fingerprint density at radius 3 is 2.39 bits per heavy atom. The number of nitrogens with zero attached hydrogens (tertiary/aromatic N) is 3. The third-order valence-electron chi connectivity index (χ3n) is 4.57. The van der Waals surface area contributed by atoms with Crippen LogP contribution in [0.5, 0.6) is 11.8 Å². The van der Waals surface area contributed by atoms with E-state index in [1.165, 1.54) is 37.7 Å². The Balaban J connectivity index is 1.57. The van der Waals surface area contributed by atoms with Crippen LogP contribution in [0, 0.1) is 0 Å². The van der Waals surface area contributed by atoms with E-state index < -0.39 is 10.0 Å². The number of carbonyl (C=O) groups excluding carboxylic acids is 1. The number of hydrogen-bond acceptors (Lipinski definition) is 9. The van der Waals surface area contributed by atoms with E-state index in [0.29, 0.717) is 24.4 Å². The second-order valence-electron chi connectivity index (χ2n) is 7.27. The van der Waals surface area contributed by atoms with Gasteiger partial charge in [0.2, 0.25) is 16.9 Å². The minimum absolute atomic E-state index is 0.116. The number of sulfonamides is 1. The minimum Gasteiger partial charge on any atom is -0.481 e. The van der Waals surface area contributed by atoms with E-state index in [2.05, 4.69) is 25.2 Å². The maximum Gasteiger partial charge on any atom is 0.263 e. The van der Waals surface area contributed by atoms with Crippen molar-refractivity contribution in [2.45, 2.75) is 31.1 Å².